The first-order chi connectivity index (χ1) is 7.14. The average molecular weight is 226 g/mol. The summed E-state index contributed by atoms with van der Waals surface area (Å²) in [5, 5.41) is 3.02. The van der Waals surface area contributed by atoms with Gasteiger partial charge < -0.3 is 5.32 Å². The first-order valence-corrected chi connectivity index (χ1v) is 6.18. The first-order valence-electron chi connectivity index (χ1n) is 6.18. The highest BCUT2D eigenvalue weighted by molar-refractivity contribution is 5.82. The molecule has 1 amide bonds. The van der Waals surface area contributed by atoms with Crippen molar-refractivity contribution in [2.45, 2.75) is 59.5 Å². The summed E-state index contributed by atoms with van der Waals surface area (Å²) in [5.41, 5.74) is 0.0152. The van der Waals surface area contributed by atoms with Gasteiger partial charge in [0.05, 0.1) is 6.04 Å². The molecule has 1 fully saturated rings. The molecule has 1 heterocycles. The van der Waals surface area contributed by atoms with E-state index < -0.39 is 0 Å². The lowest BCUT2D eigenvalue weighted by Gasteiger charge is -2.45. The minimum atomic E-state index is -0.0324. The van der Waals surface area contributed by atoms with Gasteiger partial charge in [0.1, 0.15) is 0 Å². The van der Waals surface area contributed by atoms with Gasteiger partial charge in [-0.1, -0.05) is 20.8 Å². The smallest absolute Gasteiger partial charge is 0.237 e. The Bertz CT molecular complexity index is 260. The predicted molar refractivity (Wildman–Crippen MR) is 67.3 cm³/mol. The third-order valence-electron chi connectivity index (χ3n) is 3.12. The molecule has 0 spiro atoms. The summed E-state index contributed by atoms with van der Waals surface area (Å²) in [7, 11) is 0. The molecule has 1 saturated heterocycles. The molecule has 0 bridgehead atoms. The molecule has 1 N–H and O–H groups in total. The number of carbonyl (C=O) groups is 1. The molecule has 0 aliphatic carbocycles. The molecular formula is C13H26N2O. The molecule has 0 aromatic rings. The van der Waals surface area contributed by atoms with E-state index in [-0.39, 0.29) is 22.9 Å². The van der Waals surface area contributed by atoms with Gasteiger partial charge in [-0.15, -0.1) is 0 Å². The number of amides is 1. The van der Waals surface area contributed by atoms with Crippen LogP contribution in [0.25, 0.3) is 0 Å². The zero-order valence-corrected chi connectivity index (χ0v) is 11.6. The van der Waals surface area contributed by atoms with Gasteiger partial charge in [0.25, 0.3) is 0 Å². The Morgan fingerprint density at radius 2 is 1.75 bits per heavy atom. The van der Waals surface area contributed by atoms with Crippen LogP contribution in [0.4, 0.5) is 0 Å². The van der Waals surface area contributed by atoms with Crippen molar-refractivity contribution in [3.8, 4) is 0 Å². The number of hydrogen-bond acceptors (Lipinski definition) is 2. The molecule has 16 heavy (non-hydrogen) atoms. The van der Waals surface area contributed by atoms with E-state index in [0.29, 0.717) is 0 Å². The fraction of sp³-hybridized carbons (Fsp3) is 0.923. The van der Waals surface area contributed by atoms with Crippen molar-refractivity contribution < 1.29 is 4.79 Å². The van der Waals surface area contributed by atoms with E-state index in [1.54, 1.807) is 0 Å². The molecule has 0 aromatic heterocycles. The maximum Gasteiger partial charge on any atom is 0.237 e. The highest BCUT2D eigenvalue weighted by atomic mass is 16.2. The van der Waals surface area contributed by atoms with E-state index in [0.717, 1.165) is 19.5 Å². The highest BCUT2D eigenvalue weighted by Crippen LogP contribution is 2.31. The van der Waals surface area contributed by atoms with Crippen molar-refractivity contribution in [2.75, 3.05) is 13.1 Å². The Hall–Kier alpha value is -0.570. The predicted octanol–water partition coefficient (Wildman–Crippen LogP) is 2.02. The lowest BCUT2D eigenvalue weighted by atomic mass is 9.83. The maximum atomic E-state index is 12.2. The van der Waals surface area contributed by atoms with Gasteiger partial charge in [-0.05, 0) is 32.6 Å². The molecule has 3 nitrogen and oxygen atoms in total. The Labute approximate surface area is 99.6 Å². The van der Waals surface area contributed by atoms with Crippen LogP contribution in [-0.2, 0) is 4.79 Å². The molecule has 0 saturated carbocycles. The summed E-state index contributed by atoms with van der Waals surface area (Å²) in [6.45, 7) is 14.8. The Balaban J connectivity index is 3.05. The van der Waals surface area contributed by atoms with E-state index in [9.17, 15) is 4.79 Å². The van der Waals surface area contributed by atoms with E-state index in [1.807, 2.05) is 0 Å². The fourth-order valence-corrected chi connectivity index (χ4v) is 2.41. The molecule has 0 radical (unpaired) electrons. The van der Waals surface area contributed by atoms with Crippen molar-refractivity contribution in [3.63, 3.8) is 0 Å². The van der Waals surface area contributed by atoms with Crippen LogP contribution in [0.5, 0.6) is 0 Å². The third-order valence-corrected chi connectivity index (χ3v) is 3.12. The van der Waals surface area contributed by atoms with Crippen molar-refractivity contribution in [1.29, 1.82) is 0 Å². The molecule has 1 atom stereocenters. The van der Waals surface area contributed by atoms with E-state index in [2.05, 4.69) is 51.8 Å². The Morgan fingerprint density at radius 3 is 2.19 bits per heavy atom. The van der Waals surface area contributed by atoms with E-state index >= 15 is 0 Å². The average Bonchev–Trinajstić information content (AvgIpc) is 2.23. The number of nitrogens with zero attached hydrogens (tertiary/aromatic N) is 1. The van der Waals surface area contributed by atoms with Crippen LogP contribution in [0.3, 0.4) is 0 Å². The largest absolute Gasteiger partial charge is 0.355 e. The molecule has 1 unspecified atom stereocenters. The minimum Gasteiger partial charge on any atom is -0.355 e. The maximum absolute atomic E-state index is 12.2. The highest BCUT2D eigenvalue weighted by Gasteiger charge is 2.41. The van der Waals surface area contributed by atoms with Gasteiger partial charge in [-0.3, -0.25) is 9.69 Å². The van der Waals surface area contributed by atoms with Crippen molar-refractivity contribution >= 4 is 5.91 Å². The van der Waals surface area contributed by atoms with Gasteiger partial charge in [0.2, 0.25) is 5.91 Å². The van der Waals surface area contributed by atoms with Crippen LogP contribution in [0, 0.1) is 5.41 Å². The summed E-state index contributed by atoms with van der Waals surface area (Å²) in [6, 6.07) is -0.0324. The normalized spacial score (nSPS) is 25.1. The van der Waals surface area contributed by atoms with Gasteiger partial charge in [-0.25, -0.2) is 0 Å². The van der Waals surface area contributed by atoms with Crippen LogP contribution < -0.4 is 5.32 Å². The standard InChI is InChI=1S/C13H26N2O/c1-12(2,3)10-11(16)14-8-7-9-15(10)13(4,5)6/h10H,7-9H2,1-6H3,(H,14,16). The van der Waals surface area contributed by atoms with Gasteiger partial charge >= 0.3 is 0 Å². The number of rotatable bonds is 0. The lowest BCUT2D eigenvalue weighted by Crippen LogP contribution is -2.58. The van der Waals surface area contributed by atoms with Crippen LogP contribution in [0.1, 0.15) is 48.0 Å². The van der Waals surface area contributed by atoms with Crippen molar-refractivity contribution in [2.24, 2.45) is 5.41 Å². The van der Waals surface area contributed by atoms with Crippen molar-refractivity contribution in [3.05, 3.63) is 0 Å². The van der Waals surface area contributed by atoms with Crippen molar-refractivity contribution in [1.82, 2.24) is 10.2 Å². The molecule has 3 heteroatoms. The van der Waals surface area contributed by atoms with Crippen LogP contribution in [0.2, 0.25) is 0 Å². The second kappa shape index (κ2) is 4.36. The molecule has 1 aliphatic heterocycles. The van der Waals surface area contributed by atoms with Crippen LogP contribution in [-0.4, -0.2) is 35.5 Å². The Kier molecular flexibility index (Phi) is 3.68. The second-order valence-corrected chi connectivity index (χ2v) is 6.78. The first kappa shape index (κ1) is 13.5. The number of carbonyl (C=O) groups excluding carboxylic acids is 1. The summed E-state index contributed by atoms with van der Waals surface area (Å²) < 4.78 is 0. The van der Waals surface area contributed by atoms with Gasteiger partial charge in [0, 0.05) is 18.6 Å². The SMILES string of the molecule is CC(C)(C)C1C(=O)NCCCN1C(C)(C)C. The monoisotopic (exact) mass is 226 g/mol. The summed E-state index contributed by atoms with van der Waals surface area (Å²) in [5.74, 6) is 0.180. The van der Waals surface area contributed by atoms with Crippen LogP contribution in [0.15, 0.2) is 0 Å². The second-order valence-electron chi connectivity index (χ2n) is 6.78. The van der Waals surface area contributed by atoms with E-state index in [1.165, 1.54) is 0 Å². The third kappa shape index (κ3) is 2.97. The van der Waals surface area contributed by atoms with Crippen LogP contribution >= 0.6 is 0 Å². The molecule has 94 valence electrons. The summed E-state index contributed by atoms with van der Waals surface area (Å²) >= 11 is 0. The molecule has 1 aliphatic rings. The molecule has 1 rings (SSSR count). The molecular weight excluding hydrogens is 200 g/mol. The zero-order valence-electron chi connectivity index (χ0n) is 11.6. The minimum absolute atomic E-state index is 0.0261. The lowest BCUT2D eigenvalue weighted by molar-refractivity contribution is -0.132. The quantitative estimate of drug-likeness (QED) is 0.685. The number of nitrogens with one attached hydrogen (secondary N) is 1. The fourth-order valence-electron chi connectivity index (χ4n) is 2.41. The number of hydrogen-bond donors (Lipinski definition) is 1. The topological polar surface area (TPSA) is 32.3 Å². The Morgan fingerprint density at radius 1 is 1.19 bits per heavy atom. The molecule has 0 aromatic carbocycles. The van der Waals surface area contributed by atoms with Gasteiger partial charge in [-0.2, -0.15) is 0 Å². The summed E-state index contributed by atoms with van der Waals surface area (Å²) in [6.07, 6.45) is 1.04. The summed E-state index contributed by atoms with van der Waals surface area (Å²) in [4.78, 5) is 14.5. The van der Waals surface area contributed by atoms with Gasteiger partial charge in [0.15, 0.2) is 0 Å². The zero-order chi connectivity index (χ0) is 12.6. The van der Waals surface area contributed by atoms with E-state index in [4.69, 9.17) is 0 Å².